The van der Waals surface area contributed by atoms with E-state index < -0.39 is 12.0 Å². The van der Waals surface area contributed by atoms with E-state index in [4.69, 9.17) is 23.1 Å². The fourth-order valence-corrected chi connectivity index (χ4v) is 1.61. The molecule has 0 spiro atoms. The van der Waals surface area contributed by atoms with Crippen LogP contribution in [0.5, 0.6) is 0 Å². The summed E-state index contributed by atoms with van der Waals surface area (Å²) in [5.74, 6) is 1.29. The molecule has 19 heavy (non-hydrogen) atoms. The first-order valence-electron chi connectivity index (χ1n) is 5.53. The Morgan fingerprint density at radius 2 is 2.16 bits per heavy atom. The molecule has 5 nitrogen and oxygen atoms in total. The van der Waals surface area contributed by atoms with Crippen molar-refractivity contribution >= 4 is 29.3 Å². The van der Waals surface area contributed by atoms with Crippen LogP contribution in [0.2, 0.25) is 5.02 Å². The predicted molar refractivity (Wildman–Crippen MR) is 73.5 cm³/mol. The van der Waals surface area contributed by atoms with Crippen molar-refractivity contribution in [3.8, 4) is 12.3 Å². The number of anilines is 1. The van der Waals surface area contributed by atoms with Crippen molar-refractivity contribution < 1.29 is 14.7 Å². The standard InChI is InChI=1S/C13H13ClN2O3/c1-3-10(4-2)15-13(19)16-11-6-8(12(17)18)5-9(14)7-11/h1,5-7,10H,4H2,2H3,(H,17,18)(H2,15,16,19). The first-order valence-corrected chi connectivity index (χ1v) is 5.91. The van der Waals surface area contributed by atoms with Gasteiger partial charge in [-0.15, -0.1) is 6.42 Å². The minimum Gasteiger partial charge on any atom is -0.478 e. The van der Waals surface area contributed by atoms with Crippen LogP contribution in [0.4, 0.5) is 10.5 Å². The number of carboxylic acid groups (broad SMARTS) is 1. The molecule has 3 N–H and O–H groups in total. The Kier molecular flexibility index (Phi) is 5.22. The zero-order valence-electron chi connectivity index (χ0n) is 10.2. The van der Waals surface area contributed by atoms with Crippen LogP contribution in [-0.2, 0) is 0 Å². The summed E-state index contributed by atoms with van der Waals surface area (Å²) >= 11 is 5.77. The quantitative estimate of drug-likeness (QED) is 0.742. The molecule has 0 heterocycles. The number of benzene rings is 1. The fraction of sp³-hybridized carbons (Fsp3) is 0.231. The van der Waals surface area contributed by atoms with Gasteiger partial charge in [-0.3, -0.25) is 0 Å². The Bertz CT molecular complexity index is 537. The maximum atomic E-state index is 11.6. The average molecular weight is 281 g/mol. The van der Waals surface area contributed by atoms with Gasteiger partial charge in [-0.1, -0.05) is 24.4 Å². The largest absolute Gasteiger partial charge is 0.478 e. The molecule has 0 saturated carbocycles. The number of terminal acetylenes is 1. The highest BCUT2D eigenvalue weighted by Gasteiger charge is 2.10. The van der Waals surface area contributed by atoms with E-state index >= 15 is 0 Å². The molecular formula is C13H13ClN2O3. The maximum Gasteiger partial charge on any atom is 0.335 e. The van der Waals surface area contributed by atoms with Crippen molar-refractivity contribution in [3.63, 3.8) is 0 Å². The van der Waals surface area contributed by atoms with Gasteiger partial charge in [0.1, 0.15) is 0 Å². The Morgan fingerprint density at radius 1 is 1.47 bits per heavy atom. The third kappa shape index (κ3) is 4.53. The number of aromatic carboxylic acids is 1. The van der Waals surface area contributed by atoms with Gasteiger partial charge in [0.25, 0.3) is 0 Å². The topological polar surface area (TPSA) is 78.4 Å². The second-order valence-corrected chi connectivity index (χ2v) is 4.20. The lowest BCUT2D eigenvalue weighted by atomic mass is 10.2. The molecular weight excluding hydrogens is 268 g/mol. The van der Waals surface area contributed by atoms with Crippen LogP contribution >= 0.6 is 11.6 Å². The Morgan fingerprint density at radius 3 is 2.68 bits per heavy atom. The van der Waals surface area contributed by atoms with Gasteiger partial charge in [0, 0.05) is 10.7 Å². The zero-order chi connectivity index (χ0) is 14.4. The summed E-state index contributed by atoms with van der Waals surface area (Å²) in [4.78, 5) is 22.5. The van der Waals surface area contributed by atoms with Crippen LogP contribution in [-0.4, -0.2) is 23.1 Å². The maximum absolute atomic E-state index is 11.6. The Balaban J connectivity index is 2.80. The molecule has 1 atom stereocenters. The van der Waals surface area contributed by atoms with Crippen LogP contribution < -0.4 is 10.6 Å². The van der Waals surface area contributed by atoms with E-state index in [0.29, 0.717) is 6.42 Å². The third-order valence-corrected chi connectivity index (χ3v) is 2.54. The molecule has 0 bridgehead atoms. The fourth-order valence-electron chi connectivity index (χ4n) is 1.37. The highest BCUT2D eigenvalue weighted by Crippen LogP contribution is 2.19. The number of hydrogen-bond donors (Lipinski definition) is 3. The molecule has 0 radical (unpaired) electrons. The molecule has 0 aromatic heterocycles. The van der Waals surface area contributed by atoms with Crippen LogP contribution in [0.3, 0.4) is 0 Å². The van der Waals surface area contributed by atoms with Crippen molar-refractivity contribution in [2.24, 2.45) is 0 Å². The summed E-state index contributed by atoms with van der Waals surface area (Å²) in [6, 6.07) is 3.17. The summed E-state index contributed by atoms with van der Waals surface area (Å²) in [5.41, 5.74) is 0.279. The van der Waals surface area contributed by atoms with Gasteiger partial charge in [0.05, 0.1) is 11.6 Å². The molecule has 1 unspecified atom stereocenters. The number of hydrogen-bond acceptors (Lipinski definition) is 2. The summed E-state index contributed by atoms with van der Waals surface area (Å²) in [5, 5.41) is 14.1. The monoisotopic (exact) mass is 280 g/mol. The van der Waals surface area contributed by atoms with Gasteiger partial charge in [0.15, 0.2) is 0 Å². The lowest BCUT2D eigenvalue weighted by Crippen LogP contribution is -2.36. The van der Waals surface area contributed by atoms with Crippen molar-refractivity contribution in [2.75, 3.05) is 5.32 Å². The number of carbonyl (C=O) groups excluding carboxylic acids is 1. The molecule has 0 aliphatic heterocycles. The first-order chi connectivity index (χ1) is 8.96. The number of halogens is 1. The normalized spacial score (nSPS) is 11.2. The number of rotatable bonds is 4. The molecule has 0 fully saturated rings. The molecule has 1 rings (SSSR count). The van der Waals surface area contributed by atoms with E-state index in [2.05, 4.69) is 16.6 Å². The molecule has 1 aromatic carbocycles. The minimum absolute atomic E-state index is 0.00760. The van der Waals surface area contributed by atoms with E-state index in [1.54, 1.807) is 0 Å². The van der Waals surface area contributed by atoms with Gasteiger partial charge >= 0.3 is 12.0 Å². The zero-order valence-corrected chi connectivity index (χ0v) is 11.0. The number of carbonyl (C=O) groups is 2. The summed E-state index contributed by atoms with van der Waals surface area (Å²) in [6.45, 7) is 1.84. The van der Waals surface area contributed by atoms with E-state index in [-0.39, 0.29) is 22.3 Å². The van der Waals surface area contributed by atoms with Crippen molar-refractivity contribution in [1.29, 1.82) is 0 Å². The number of nitrogens with one attached hydrogen (secondary N) is 2. The van der Waals surface area contributed by atoms with E-state index in [1.165, 1.54) is 18.2 Å². The van der Waals surface area contributed by atoms with Crippen LogP contribution in [0.1, 0.15) is 23.7 Å². The second kappa shape index (κ2) is 6.66. The van der Waals surface area contributed by atoms with Crippen LogP contribution in [0.15, 0.2) is 18.2 Å². The minimum atomic E-state index is -1.12. The van der Waals surface area contributed by atoms with E-state index in [0.717, 1.165) is 0 Å². The summed E-state index contributed by atoms with van der Waals surface area (Å²) in [7, 11) is 0. The van der Waals surface area contributed by atoms with E-state index in [9.17, 15) is 9.59 Å². The average Bonchev–Trinajstić information content (AvgIpc) is 2.35. The first kappa shape index (κ1) is 14.9. The highest BCUT2D eigenvalue weighted by molar-refractivity contribution is 6.31. The van der Waals surface area contributed by atoms with Gasteiger partial charge in [-0.2, -0.15) is 0 Å². The van der Waals surface area contributed by atoms with Crippen molar-refractivity contribution in [3.05, 3.63) is 28.8 Å². The summed E-state index contributed by atoms with van der Waals surface area (Å²) in [6.07, 6.45) is 5.82. The molecule has 6 heteroatoms. The number of urea groups is 1. The molecule has 0 saturated heterocycles. The predicted octanol–water partition coefficient (Wildman–Crippen LogP) is 2.57. The Hall–Kier alpha value is -2.19. The van der Waals surface area contributed by atoms with Crippen molar-refractivity contribution in [1.82, 2.24) is 5.32 Å². The van der Waals surface area contributed by atoms with Crippen LogP contribution in [0.25, 0.3) is 0 Å². The molecule has 1 aromatic rings. The third-order valence-electron chi connectivity index (χ3n) is 2.32. The number of carboxylic acids is 1. The Labute approximate surface area is 116 Å². The molecule has 100 valence electrons. The lowest BCUT2D eigenvalue weighted by molar-refractivity contribution is 0.0697. The van der Waals surface area contributed by atoms with Crippen molar-refractivity contribution in [2.45, 2.75) is 19.4 Å². The molecule has 2 amide bonds. The van der Waals surface area contributed by atoms with Gasteiger partial charge in [0.2, 0.25) is 0 Å². The summed E-state index contributed by atoms with van der Waals surface area (Å²) < 4.78 is 0. The molecule has 0 aliphatic carbocycles. The van der Waals surface area contributed by atoms with Gasteiger partial charge in [-0.25, -0.2) is 9.59 Å². The van der Waals surface area contributed by atoms with Gasteiger partial charge < -0.3 is 15.7 Å². The number of amides is 2. The SMILES string of the molecule is C#CC(CC)NC(=O)Nc1cc(Cl)cc(C(=O)O)c1. The highest BCUT2D eigenvalue weighted by atomic mass is 35.5. The lowest BCUT2D eigenvalue weighted by Gasteiger charge is -2.12. The van der Waals surface area contributed by atoms with E-state index in [1.807, 2.05) is 6.92 Å². The smallest absolute Gasteiger partial charge is 0.335 e. The second-order valence-electron chi connectivity index (χ2n) is 3.76. The molecule has 0 aliphatic rings. The van der Waals surface area contributed by atoms with Gasteiger partial charge in [-0.05, 0) is 24.6 Å². The van der Waals surface area contributed by atoms with Crippen LogP contribution in [0, 0.1) is 12.3 Å².